The van der Waals surface area contributed by atoms with Crippen molar-refractivity contribution in [2.75, 3.05) is 13.7 Å². The van der Waals surface area contributed by atoms with Gasteiger partial charge in [0.15, 0.2) is 12.3 Å². The zero-order valence-electron chi connectivity index (χ0n) is 14.7. The van der Waals surface area contributed by atoms with E-state index in [0.717, 1.165) is 31.6 Å². The number of oxazole rings is 1. The van der Waals surface area contributed by atoms with Crippen LogP contribution in [0.4, 0.5) is 0 Å². The number of carbonyl (C=O) groups is 1. The van der Waals surface area contributed by atoms with Crippen molar-refractivity contribution in [1.29, 1.82) is 0 Å². The molecule has 6 heteroatoms. The van der Waals surface area contributed by atoms with E-state index < -0.39 is 0 Å². The molecule has 1 aromatic heterocycles. The van der Waals surface area contributed by atoms with Crippen molar-refractivity contribution >= 4 is 5.91 Å². The van der Waals surface area contributed by atoms with Crippen molar-refractivity contribution in [3.63, 3.8) is 0 Å². The number of aromatic nitrogens is 1. The number of likely N-dealkylation sites (tertiary alicyclic amines) is 1. The average molecular weight is 344 g/mol. The van der Waals surface area contributed by atoms with Crippen LogP contribution in [0, 0.1) is 0 Å². The molecule has 1 saturated heterocycles. The number of methoxy groups -OCH3 is 1. The van der Waals surface area contributed by atoms with Crippen molar-refractivity contribution in [3.05, 3.63) is 42.1 Å². The Bertz CT molecular complexity index is 696. The number of nitrogens with zero attached hydrogens (tertiary/aromatic N) is 2. The topological polar surface area (TPSA) is 64.8 Å². The van der Waals surface area contributed by atoms with Gasteiger partial charge in [-0.15, -0.1) is 0 Å². The van der Waals surface area contributed by atoms with Crippen molar-refractivity contribution < 1.29 is 18.7 Å². The molecule has 0 bridgehead atoms. The largest absolute Gasteiger partial charge is 0.497 e. The molecule has 0 radical (unpaired) electrons. The van der Waals surface area contributed by atoms with Crippen LogP contribution in [0.5, 0.6) is 11.5 Å². The number of rotatable bonds is 6. The molecule has 1 aromatic carbocycles. The van der Waals surface area contributed by atoms with Gasteiger partial charge in [0.1, 0.15) is 17.8 Å². The summed E-state index contributed by atoms with van der Waals surface area (Å²) in [6.07, 6.45) is 5.69. The Hall–Kier alpha value is -2.50. The Morgan fingerprint density at radius 1 is 1.28 bits per heavy atom. The maximum Gasteiger partial charge on any atom is 0.276 e. The van der Waals surface area contributed by atoms with Gasteiger partial charge in [-0.3, -0.25) is 4.79 Å². The Kier molecular flexibility index (Phi) is 5.58. The summed E-state index contributed by atoms with van der Waals surface area (Å²) >= 11 is 0. The Labute approximate surface area is 147 Å². The zero-order valence-corrected chi connectivity index (χ0v) is 14.7. The van der Waals surface area contributed by atoms with E-state index >= 15 is 0 Å². The highest BCUT2D eigenvalue weighted by Crippen LogP contribution is 2.22. The Morgan fingerprint density at radius 3 is 2.76 bits per heavy atom. The van der Waals surface area contributed by atoms with Crippen molar-refractivity contribution in [1.82, 2.24) is 9.88 Å². The average Bonchev–Trinajstić information content (AvgIpc) is 3.15. The lowest BCUT2D eigenvalue weighted by Crippen LogP contribution is -2.43. The quantitative estimate of drug-likeness (QED) is 0.800. The lowest BCUT2D eigenvalue weighted by molar-refractivity contribution is 0.0602. The standard InChI is InChI=1S/C19H24N2O4/c1-3-14-6-4-5-11-21(14)19(22)17-12-25-18(20-17)13-24-16-9-7-15(23-2)8-10-16/h7-10,12,14H,3-6,11,13H2,1-2H3. The zero-order chi connectivity index (χ0) is 17.6. The third-order valence-corrected chi connectivity index (χ3v) is 4.55. The fourth-order valence-electron chi connectivity index (χ4n) is 3.13. The fraction of sp³-hybridized carbons (Fsp3) is 0.474. The molecule has 2 aromatic rings. The van der Waals surface area contributed by atoms with Gasteiger partial charge in [-0.05, 0) is 49.9 Å². The first-order valence-corrected chi connectivity index (χ1v) is 8.73. The lowest BCUT2D eigenvalue weighted by Gasteiger charge is -2.34. The summed E-state index contributed by atoms with van der Waals surface area (Å²) in [5, 5.41) is 0. The highest BCUT2D eigenvalue weighted by Gasteiger charge is 2.28. The van der Waals surface area contributed by atoms with E-state index in [4.69, 9.17) is 13.9 Å². The number of hydrogen-bond donors (Lipinski definition) is 0. The summed E-state index contributed by atoms with van der Waals surface area (Å²) in [7, 11) is 1.62. The minimum absolute atomic E-state index is 0.0500. The lowest BCUT2D eigenvalue weighted by atomic mass is 10.00. The van der Waals surface area contributed by atoms with Crippen LogP contribution in [0.25, 0.3) is 0 Å². The summed E-state index contributed by atoms with van der Waals surface area (Å²) < 4.78 is 16.1. The maximum atomic E-state index is 12.7. The van der Waals surface area contributed by atoms with E-state index in [1.54, 1.807) is 7.11 Å². The molecular formula is C19H24N2O4. The van der Waals surface area contributed by atoms with E-state index in [1.165, 1.54) is 12.7 Å². The number of piperidine rings is 1. The predicted octanol–water partition coefficient (Wildman–Crippen LogP) is 3.67. The second kappa shape index (κ2) is 8.05. The minimum atomic E-state index is -0.0500. The maximum absolute atomic E-state index is 12.7. The molecule has 0 aliphatic carbocycles. The van der Waals surface area contributed by atoms with Crippen LogP contribution in [-0.4, -0.2) is 35.5 Å². The Morgan fingerprint density at radius 2 is 2.04 bits per heavy atom. The van der Waals surface area contributed by atoms with E-state index in [9.17, 15) is 4.79 Å². The molecule has 6 nitrogen and oxygen atoms in total. The van der Waals surface area contributed by atoms with Crippen LogP contribution in [0.2, 0.25) is 0 Å². The molecule has 0 N–H and O–H groups in total. The molecule has 1 aliphatic rings. The van der Waals surface area contributed by atoms with Gasteiger partial charge in [0, 0.05) is 12.6 Å². The van der Waals surface area contributed by atoms with Gasteiger partial charge in [0.25, 0.3) is 5.91 Å². The highest BCUT2D eigenvalue weighted by molar-refractivity contribution is 5.92. The molecule has 134 valence electrons. The van der Waals surface area contributed by atoms with Gasteiger partial charge >= 0.3 is 0 Å². The SMILES string of the molecule is CCC1CCCCN1C(=O)c1coc(COc2ccc(OC)cc2)n1. The molecule has 3 rings (SSSR count). The number of ether oxygens (including phenoxy) is 2. The normalized spacial score (nSPS) is 17.4. The summed E-state index contributed by atoms with van der Waals surface area (Å²) in [6, 6.07) is 7.57. The number of amides is 1. The molecule has 1 fully saturated rings. The van der Waals surface area contributed by atoms with Gasteiger partial charge in [-0.1, -0.05) is 6.92 Å². The van der Waals surface area contributed by atoms with Crippen LogP contribution in [0.3, 0.4) is 0 Å². The van der Waals surface area contributed by atoms with Crippen LogP contribution in [-0.2, 0) is 6.61 Å². The van der Waals surface area contributed by atoms with Gasteiger partial charge < -0.3 is 18.8 Å². The van der Waals surface area contributed by atoms with E-state index in [1.807, 2.05) is 29.2 Å². The van der Waals surface area contributed by atoms with Crippen LogP contribution >= 0.6 is 0 Å². The fourth-order valence-corrected chi connectivity index (χ4v) is 3.13. The molecule has 1 atom stereocenters. The number of benzene rings is 1. The second-order valence-corrected chi connectivity index (χ2v) is 6.15. The molecule has 0 spiro atoms. The van der Waals surface area contributed by atoms with Crippen molar-refractivity contribution in [3.8, 4) is 11.5 Å². The minimum Gasteiger partial charge on any atom is -0.497 e. The number of hydrogen-bond acceptors (Lipinski definition) is 5. The smallest absolute Gasteiger partial charge is 0.276 e. The first-order valence-electron chi connectivity index (χ1n) is 8.73. The number of carbonyl (C=O) groups excluding carboxylic acids is 1. The molecule has 1 aliphatic heterocycles. The van der Waals surface area contributed by atoms with Gasteiger partial charge in [0.05, 0.1) is 7.11 Å². The molecule has 25 heavy (non-hydrogen) atoms. The molecule has 1 unspecified atom stereocenters. The molecule has 2 heterocycles. The van der Waals surface area contributed by atoms with Gasteiger partial charge in [-0.2, -0.15) is 0 Å². The third-order valence-electron chi connectivity index (χ3n) is 4.55. The van der Waals surface area contributed by atoms with E-state index in [-0.39, 0.29) is 12.5 Å². The van der Waals surface area contributed by atoms with E-state index in [0.29, 0.717) is 23.4 Å². The first kappa shape index (κ1) is 17.3. The Balaban J connectivity index is 1.60. The van der Waals surface area contributed by atoms with Crippen LogP contribution < -0.4 is 9.47 Å². The monoisotopic (exact) mass is 344 g/mol. The third kappa shape index (κ3) is 4.13. The van der Waals surface area contributed by atoms with Crippen molar-refractivity contribution in [2.24, 2.45) is 0 Å². The summed E-state index contributed by atoms with van der Waals surface area (Å²) in [5.41, 5.74) is 0.355. The van der Waals surface area contributed by atoms with E-state index in [2.05, 4.69) is 11.9 Å². The molecular weight excluding hydrogens is 320 g/mol. The predicted molar refractivity (Wildman–Crippen MR) is 92.8 cm³/mol. The highest BCUT2D eigenvalue weighted by atomic mass is 16.5. The molecule has 0 saturated carbocycles. The second-order valence-electron chi connectivity index (χ2n) is 6.15. The van der Waals surface area contributed by atoms with Crippen LogP contribution in [0.1, 0.15) is 49.0 Å². The first-order chi connectivity index (χ1) is 12.2. The summed E-state index contributed by atoms with van der Waals surface area (Å²) in [5.74, 6) is 1.80. The molecule has 1 amide bonds. The van der Waals surface area contributed by atoms with Crippen LogP contribution in [0.15, 0.2) is 34.9 Å². The summed E-state index contributed by atoms with van der Waals surface area (Å²) in [4.78, 5) is 18.9. The van der Waals surface area contributed by atoms with Gasteiger partial charge in [-0.25, -0.2) is 4.98 Å². The summed E-state index contributed by atoms with van der Waals surface area (Å²) in [6.45, 7) is 3.09. The van der Waals surface area contributed by atoms with Crippen molar-refractivity contribution in [2.45, 2.75) is 45.3 Å². The van der Waals surface area contributed by atoms with Gasteiger partial charge in [0.2, 0.25) is 5.89 Å².